The Bertz CT molecular complexity index is 754. The van der Waals surface area contributed by atoms with Crippen molar-refractivity contribution < 1.29 is 9.53 Å². The van der Waals surface area contributed by atoms with E-state index < -0.39 is 0 Å². The molecule has 0 rings (SSSR count). The molecule has 0 aliphatic rings. The van der Waals surface area contributed by atoms with Crippen molar-refractivity contribution in [1.29, 1.82) is 0 Å². The molecule has 0 saturated heterocycles. The Morgan fingerprint density at radius 2 is 0.878 bits per heavy atom. The minimum Gasteiger partial charge on any atom is -0.446 e. The molecule has 0 aromatic rings. The largest absolute Gasteiger partial charge is 0.446 e. The van der Waals surface area contributed by atoms with Gasteiger partial charge in [-0.15, -0.1) is 0 Å². The first-order valence-electron chi connectivity index (χ1n) is 21.2. The smallest absolute Gasteiger partial charge is 0.409 e. The van der Waals surface area contributed by atoms with Crippen molar-refractivity contribution in [2.45, 2.75) is 200 Å². The number of carbonyl (C=O) groups excluding carboxylic acids is 1. The SMILES string of the molecule is CCCCCC=CCC=CCCCCCCCCC(CCCCCCCCC=CCC=CCCCCC)OC(=O)N(C)CCCN(C)CC. The molecule has 0 aromatic carbocycles. The van der Waals surface area contributed by atoms with E-state index in [1.165, 1.54) is 128 Å². The van der Waals surface area contributed by atoms with Crippen molar-refractivity contribution in [2.75, 3.05) is 33.7 Å². The molecule has 0 bridgehead atoms. The Kier molecular flexibility index (Phi) is 37.5. The third kappa shape index (κ3) is 35.8. The van der Waals surface area contributed by atoms with E-state index in [1.807, 2.05) is 7.05 Å². The molecule has 0 N–H and O–H groups in total. The number of rotatable bonds is 36. The molecule has 1 amide bonds. The summed E-state index contributed by atoms with van der Waals surface area (Å²) < 4.78 is 6.09. The Morgan fingerprint density at radius 1 is 0.490 bits per heavy atom. The molecule has 0 aliphatic carbocycles. The number of hydrogen-bond donors (Lipinski definition) is 0. The number of carbonyl (C=O) groups is 1. The van der Waals surface area contributed by atoms with Crippen molar-refractivity contribution >= 4 is 6.09 Å². The van der Waals surface area contributed by atoms with Gasteiger partial charge in [-0.2, -0.15) is 0 Å². The third-order valence-corrected chi connectivity index (χ3v) is 9.61. The predicted molar refractivity (Wildman–Crippen MR) is 219 cm³/mol. The first kappa shape index (κ1) is 47.2. The summed E-state index contributed by atoms with van der Waals surface area (Å²) in [6, 6.07) is 0. The molecule has 4 nitrogen and oxygen atoms in total. The first-order chi connectivity index (χ1) is 24.0. The normalized spacial score (nSPS) is 12.9. The molecule has 0 fully saturated rings. The lowest BCUT2D eigenvalue weighted by Gasteiger charge is -2.23. The zero-order chi connectivity index (χ0) is 35.9. The molecule has 0 unspecified atom stereocenters. The van der Waals surface area contributed by atoms with Gasteiger partial charge in [-0.1, -0.05) is 146 Å². The van der Waals surface area contributed by atoms with Crippen molar-refractivity contribution in [3.8, 4) is 0 Å². The number of hydrogen-bond acceptors (Lipinski definition) is 3. The Labute approximate surface area is 307 Å². The highest BCUT2D eigenvalue weighted by Gasteiger charge is 2.17. The lowest BCUT2D eigenvalue weighted by Crippen LogP contribution is -2.33. The minimum absolute atomic E-state index is 0.0601. The van der Waals surface area contributed by atoms with Crippen LogP contribution in [-0.2, 0) is 4.74 Å². The Morgan fingerprint density at radius 3 is 1.29 bits per heavy atom. The van der Waals surface area contributed by atoms with Gasteiger partial charge < -0.3 is 14.5 Å². The molecule has 286 valence electrons. The molecule has 0 radical (unpaired) electrons. The van der Waals surface area contributed by atoms with Crippen LogP contribution in [0.25, 0.3) is 0 Å². The van der Waals surface area contributed by atoms with Gasteiger partial charge >= 0.3 is 6.09 Å². The van der Waals surface area contributed by atoms with Crippen LogP contribution >= 0.6 is 0 Å². The van der Waals surface area contributed by atoms with Crippen molar-refractivity contribution in [2.24, 2.45) is 0 Å². The van der Waals surface area contributed by atoms with Gasteiger partial charge in [0.1, 0.15) is 6.10 Å². The van der Waals surface area contributed by atoms with Gasteiger partial charge in [-0.3, -0.25) is 0 Å². The summed E-state index contributed by atoms with van der Waals surface area (Å²) >= 11 is 0. The highest BCUT2D eigenvalue weighted by Crippen LogP contribution is 2.18. The van der Waals surface area contributed by atoms with Gasteiger partial charge in [0.2, 0.25) is 0 Å². The summed E-state index contributed by atoms with van der Waals surface area (Å²) in [7, 11) is 4.03. The van der Waals surface area contributed by atoms with E-state index in [4.69, 9.17) is 4.74 Å². The molecular weight excluding hydrogens is 601 g/mol. The number of amides is 1. The van der Waals surface area contributed by atoms with Gasteiger partial charge in [0, 0.05) is 13.6 Å². The summed E-state index contributed by atoms with van der Waals surface area (Å²) in [6.45, 7) is 9.50. The fourth-order valence-corrected chi connectivity index (χ4v) is 6.04. The number of nitrogens with zero attached hydrogens (tertiary/aromatic N) is 2. The summed E-state index contributed by atoms with van der Waals surface area (Å²) in [5, 5.41) is 0. The van der Waals surface area contributed by atoms with Gasteiger partial charge in [0.25, 0.3) is 0 Å². The summed E-state index contributed by atoms with van der Waals surface area (Å²) in [5.74, 6) is 0. The van der Waals surface area contributed by atoms with Crippen LogP contribution in [0, 0.1) is 0 Å². The third-order valence-electron chi connectivity index (χ3n) is 9.61. The second-order valence-electron chi connectivity index (χ2n) is 14.4. The van der Waals surface area contributed by atoms with Crippen LogP contribution in [-0.4, -0.2) is 55.7 Å². The summed E-state index contributed by atoms with van der Waals surface area (Å²) in [4.78, 5) is 17.0. The second-order valence-corrected chi connectivity index (χ2v) is 14.4. The van der Waals surface area contributed by atoms with Crippen LogP contribution in [0.4, 0.5) is 4.79 Å². The fraction of sp³-hybridized carbons (Fsp3) is 0.800. The molecule has 49 heavy (non-hydrogen) atoms. The van der Waals surface area contributed by atoms with E-state index in [1.54, 1.807) is 4.90 Å². The van der Waals surface area contributed by atoms with E-state index in [2.05, 4.69) is 81.3 Å². The number of ether oxygens (including phenoxy) is 1. The maximum absolute atomic E-state index is 12.9. The zero-order valence-electron chi connectivity index (χ0n) is 33.6. The van der Waals surface area contributed by atoms with Crippen molar-refractivity contribution in [1.82, 2.24) is 9.80 Å². The zero-order valence-corrected chi connectivity index (χ0v) is 33.6. The molecule has 0 atom stereocenters. The molecule has 0 aromatic heterocycles. The quantitative estimate of drug-likeness (QED) is 0.0486. The second kappa shape index (κ2) is 39.0. The standard InChI is InChI=1S/C45H84N2O2/c1-6-9-11-13-15-17-19-21-23-25-27-29-31-33-35-37-40-44(49-45(48)47(5)43-39-42-46(4)8-3)41-38-36-34-32-30-28-26-24-22-20-18-16-14-12-10-7-2/h15-18,21-24,44H,6-14,19-20,25-43H2,1-5H3. The van der Waals surface area contributed by atoms with E-state index in [-0.39, 0.29) is 12.2 Å². The van der Waals surface area contributed by atoms with Gasteiger partial charge in [-0.05, 0) is 116 Å². The van der Waals surface area contributed by atoms with Gasteiger partial charge in [0.15, 0.2) is 0 Å². The van der Waals surface area contributed by atoms with Crippen LogP contribution in [0.15, 0.2) is 48.6 Å². The fourth-order valence-electron chi connectivity index (χ4n) is 6.04. The topological polar surface area (TPSA) is 32.8 Å². The average molecular weight is 685 g/mol. The molecule has 0 saturated carbocycles. The minimum atomic E-state index is -0.135. The van der Waals surface area contributed by atoms with Crippen LogP contribution in [0.1, 0.15) is 194 Å². The van der Waals surface area contributed by atoms with Crippen LogP contribution < -0.4 is 0 Å². The maximum Gasteiger partial charge on any atom is 0.409 e. The predicted octanol–water partition coefficient (Wildman–Crippen LogP) is 14.2. The van der Waals surface area contributed by atoms with Gasteiger partial charge in [-0.25, -0.2) is 4.79 Å². The van der Waals surface area contributed by atoms with Crippen LogP contribution in [0.2, 0.25) is 0 Å². The lowest BCUT2D eigenvalue weighted by atomic mass is 10.0. The monoisotopic (exact) mass is 685 g/mol. The molecule has 4 heteroatoms. The molecular formula is C45H84N2O2. The maximum atomic E-state index is 12.9. The van der Waals surface area contributed by atoms with E-state index in [0.29, 0.717) is 0 Å². The van der Waals surface area contributed by atoms with Crippen molar-refractivity contribution in [3.05, 3.63) is 48.6 Å². The Hall–Kier alpha value is -1.81. The van der Waals surface area contributed by atoms with E-state index in [9.17, 15) is 4.79 Å². The summed E-state index contributed by atoms with van der Waals surface area (Å²) in [5.41, 5.74) is 0. The lowest BCUT2D eigenvalue weighted by molar-refractivity contribution is 0.0576. The number of unbranched alkanes of at least 4 members (excludes halogenated alkanes) is 18. The average Bonchev–Trinajstić information content (AvgIpc) is 3.10. The molecule has 0 aliphatic heterocycles. The molecule has 0 heterocycles. The van der Waals surface area contributed by atoms with Crippen molar-refractivity contribution in [3.63, 3.8) is 0 Å². The highest BCUT2D eigenvalue weighted by molar-refractivity contribution is 5.67. The number of allylic oxidation sites excluding steroid dienone is 8. The highest BCUT2D eigenvalue weighted by atomic mass is 16.6. The van der Waals surface area contributed by atoms with Crippen LogP contribution in [0.5, 0.6) is 0 Å². The first-order valence-corrected chi connectivity index (χ1v) is 21.2. The van der Waals surface area contributed by atoms with E-state index in [0.717, 1.165) is 64.6 Å². The Balaban J connectivity index is 4.23. The summed E-state index contributed by atoms with van der Waals surface area (Å²) in [6.07, 6.45) is 51.9. The van der Waals surface area contributed by atoms with Gasteiger partial charge in [0.05, 0.1) is 0 Å². The van der Waals surface area contributed by atoms with Crippen LogP contribution in [0.3, 0.4) is 0 Å². The molecule has 0 spiro atoms. The van der Waals surface area contributed by atoms with E-state index >= 15 is 0 Å².